The quantitative estimate of drug-likeness (QED) is 0.593. The van der Waals surface area contributed by atoms with E-state index in [9.17, 15) is 19.8 Å². The fourth-order valence-electron chi connectivity index (χ4n) is 1.64. The zero-order chi connectivity index (χ0) is 14.6. The predicted molar refractivity (Wildman–Crippen MR) is 61.4 cm³/mol. The topological polar surface area (TPSA) is 105 Å². The summed E-state index contributed by atoms with van der Waals surface area (Å²) in [5.74, 6) is -3.02. The van der Waals surface area contributed by atoms with Gasteiger partial charge >= 0.3 is 0 Å². The molecular formula is C12H20N2O4-2. The van der Waals surface area contributed by atoms with Crippen molar-refractivity contribution in [2.24, 2.45) is 16.1 Å². The predicted octanol–water partition coefficient (Wildman–Crippen LogP) is -0.0881. The molecule has 0 N–H and O–H groups in total. The first kappa shape index (κ1) is 16.5. The lowest BCUT2D eigenvalue weighted by atomic mass is 9.82. The maximum atomic E-state index is 11.2. The molecule has 0 aliphatic carbocycles. The highest BCUT2D eigenvalue weighted by Gasteiger charge is 2.35. The van der Waals surface area contributed by atoms with Crippen LogP contribution in [0.15, 0.2) is 10.2 Å². The number of hydrogen-bond acceptors (Lipinski definition) is 6. The van der Waals surface area contributed by atoms with Gasteiger partial charge < -0.3 is 19.8 Å². The van der Waals surface area contributed by atoms with Gasteiger partial charge in [-0.2, -0.15) is 10.2 Å². The molecule has 0 saturated carbocycles. The molecule has 0 rings (SSSR count). The van der Waals surface area contributed by atoms with Gasteiger partial charge in [0.25, 0.3) is 0 Å². The average Bonchev–Trinajstić information content (AvgIpc) is 2.27. The molecule has 0 bridgehead atoms. The molecule has 0 amide bonds. The summed E-state index contributed by atoms with van der Waals surface area (Å²) in [6, 6.07) is 0. The van der Waals surface area contributed by atoms with Crippen molar-refractivity contribution in [1.82, 2.24) is 0 Å². The van der Waals surface area contributed by atoms with E-state index in [0.717, 1.165) is 0 Å². The summed E-state index contributed by atoms with van der Waals surface area (Å²) in [6.07, 6.45) is 1.18. The number of rotatable bonds is 7. The standard InChI is InChI=1S/C12H22N2O4/c1-6-8(7-2)12(5,10(17)18)14-13-11(3,4)9(15)16/h8H,6-7H2,1-5H3,(H,15,16)(H,17,18)/p-2. The fraction of sp³-hybridized carbons (Fsp3) is 0.833. The van der Waals surface area contributed by atoms with Gasteiger partial charge in [0.05, 0.1) is 11.9 Å². The van der Waals surface area contributed by atoms with Crippen molar-refractivity contribution in [2.45, 2.75) is 58.5 Å². The number of carbonyl (C=O) groups excluding carboxylic acids is 2. The first-order valence-corrected chi connectivity index (χ1v) is 5.98. The van der Waals surface area contributed by atoms with Crippen LogP contribution >= 0.6 is 0 Å². The van der Waals surface area contributed by atoms with Gasteiger partial charge in [-0.25, -0.2) is 0 Å². The Morgan fingerprint density at radius 3 is 1.72 bits per heavy atom. The summed E-state index contributed by atoms with van der Waals surface area (Å²) >= 11 is 0. The maximum absolute atomic E-state index is 11.2. The third kappa shape index (κ3) is 3.51. The van der Waals surface area contributed by atoms with Gasteiger partial charge in [-0.15, -0.1) is 0 Å². The van der Waals surface area contributed by atoms with E-state index in [1.54, 1.807) is 0 Å². The molecule has 6 nitrogen and oxygen atoms in total. The lowest BCUT2D eigenvalue weighted by molar-refractivity contribution is -0.316. The Kier molecular flexibility index (Phi) is 5.45. The monoisotopic (exact) mass is 256 g/mol. The summed E-state index contributed by atoms with van der Waals surface area (Å²) in [4.78, 5) is 22.0. The van der Waals surface area contributed by atoms with Gasteiger partial charge in [0.1, 0.15) is 11.1 Å². The van der Waals surface area contributed by atoms with E-state index in [-0.39, 0.29) is 5.92 Å². The van der Waals surface area contributed by atoms with Gasteiger partial charge in [-0.3, -0.25) is 0 Å². The Morgan fingerprint density at radius 1 is 1.00 bits per heavy atom. The second kappa shape index (κ2) is 5.93. The number of nitrogens with zero attached hydrogens (tertiary/aromatic N) is 2. The van der Waals surface area contributed by atoms with Crippen molar-refractivity contribution < 1.29 is 19.8 Å². The normalized spacial score (nSPS) is 15.9. The first-order valence-electron chi connectivity index (χ1n) is 5.98. The van der Waals surface area contributed by atoms with Crippen LogP contribution in [0, 0.1) is 5.92 Å². The molecule has 0 spiro atoms. The van der Waals surface area contributed by atoms with Crippen molar-refractivity contribution in [3.8, 4) is 0 Å². The van der Waals surface area contributed by atoms with E-state index in [1.165, 1.54) is 20.8 Å². The maximum Gasteiger partial charge on any atom is 0.121 e. The van der Waals surface area contributed by atoms with E-state index in [4.69, 9.17) is 0 Å². The number of carbonyl (C=O) groups is 2. The van der Waals surface area contributed by atoms with E-state index in [1.807, 2.05) is 13.8 Å². The summed E-state index contributed by atoms with van der Waals surface area (Å²) in [5, 5.41) is 29.4. The number of aliphatic carboxylic acids is 2. The minimum atomic E-state index is -1.55. The SMILES string of the molecule is CCC(CC)C(C)(N=NC(C)(C)C(=O)[O-])C(=O)[O-]. The highest BCUT2D eigenvalue weighted by molar-refractivity contribution is 5.77. The Balaban J connectivity index is 5.34. The summed E-state index contributed by atoms with van der Waals surface area (Å²) < 4.78 is 0. The first-order chi connectivity index (χ1) is 8.11. The van der Waals surface area contributed by atoms with Crippen LogP contribution in [0.2, 0.25) is 0 Å². The molecule has 0 aliphatic heterocycles. The van der Waals surface area contributed by atoms with Crippen LogP contribution < -0.4 is 10.2 Å². The molecule has 0 saturated heterocycles. The van der Waals surface area contributed by atoms with Gasteiger partial charge in [0, 0.05) is 0 Å². The van der Waals surface area contributed by atoms with Crippen LogP contribution in [0.25, 0.3) is 0 Å². The zero-order valence-corrected chi connectivity index (χ0v) is 11.5. The van der Waals surface area contributed by atoms with Gasteiger partial charge in [0.2, 0.25) is 0 Å². The van der Waals surface area contributed by atoms with E-state index in [2.05, 4.69) is 10.2 Å². The molecule has 0 aliphatic rings. The van der Waals surface area contributed by atoms with Crippen molar-refractivity contribution in [2.75, 3.05) is 0 Å². The third-order valence-corrected chi connectivity index (χ3v) is 3.20. The van der Waals surface area contributed by atoms with Crippen molar-refractivity contribution in [1.29, 1.82) is 0 Å². The molecule has 1 unspecified atom stereocenters. The highest BCUT2D eigenvalue weighted by Crippen LogP contribution is 2.29. The number of carboxylic acid groups (broad SMARTS) is 2. The van der Waals surface area contributed by atoms with Crippen LogP contribution in [0.4, 0.5) is 0 Å². The Labute approximate surface area is 107 Å². The zero-order valence-electron chi connectivity index (χ0n) is 11.5. The fourth-order valence-corrected chi connectivity index (χ4v) is 1.64. The van der Waals surface area contributed by atoms with E-state index < -0.39 is 23.0 Å². The lowest BCUT2D eigenvalue weighted by Gasteiger charge is -2.34. The third-order valence-electron chi connectivity index (χ3n) is 3.20. The van der Waals surface area contributed by atoms with Crippen molar-refractivity contribution >= 4 is 11.9 Å². The number of carboxylic acids is 2. The van der Waals surface area contributed by atoms with Gasteiger partial charge in [-0.1, -0.05) is 26.7 Å². The van der Waals surface area contributed by atoms with Crippen molar-refractivity contribution in [3.05, 3.63) is 0 Å². The van der Waals surface area contributed by atoms with E-state index in [0.29, 0.717) is 12.8 Å². The van der Waals surface area contributed by atoms with Crippen LogP contribution in [0.3, 0.4) is 0 Å². The molecule has 0 radical (unpaired) electrons. The van der Waals surface area contributed by atoms with Crippen molar-refractivity contribution in [3.63, 3.8) is 0 Å². The second-order valence-electron chi connectivity index (χ2n) is 4.99. The lowest BCUT2D eigenvalue weighted by Crippen LogP contribution is -2.50. The molecule has 104 valence electrons. The molecule has 1 atom stereocenters. The molecule has 0 fully saturated rings. The van der Waals surface area contributed by atoms with Crippen LogP contribution in [0.1, 0.15) is 47.5 Å². The minimum Gasteiger partial charge on any atom is -0.547 e. The summed E-state index contributed by atoms with van der Waals surface area (Å²) in [6.45, 7) is 7.68. The number of hydrogen-bond donors (Lipinski definition) is 0. The molecule has 6 heteroatoms. The molecule has 0 aromatic rings. The Hall–Kier alpha value is -1.46. The van der Waals surface area contributed by atoms with Crippen LogP contribution in [-0.2, 0) is 9.59 Å². The number of azo groups is 1. The van der Waals surface area contributed by atoms with Crippen LogP contribution in [-0.4, -0.2) is 23.0 Å². The van der Waals surface area contributed by atoms with E-state index >= 15 is 0 Å². The molecule has 0 aromatic carbocycles. The Morgan fingerprint density at radius 2 is 1.44 bits per heavy atom. The summed E-state index contributed by atoms with van der Waals surface area (Å²) in [7, 11) is 0. The largest absolute Gasteiger partial charge is 0.547 e. The Bertz CT molecular complexity index is 348. The minimum absolute atomic E-state index is 0.260. The van der Waals surface area contributed by atoms with Crippen LogP contribution in [0.5, 0.6) is 0 Å². The molecule has 0 heterocycles. The average molecular weight is 256 g/mol. The van der Waals surface area contributed by atoms with Gasteiger partial charge in [-0.05, 0) is 26.7 Å². The van der Waals surface area contributed by atoms with Gasteiger partial charge in [0.15, 0.2) is 0 Å². The smallest absolute Gasteiger partial charge is 0.121 e. The second-order valence-corrected chi connectivity index (χ2v) is 4.99. The molecule has 18 heavy (non-hydrogen) atoms. The molecule has 0 aromatic heterocycles. The highest BCUT2D eigenvalue weighted by atomic mass is 16.4. The summed E-state index contributed by atoms with van der Waals surface area (Å²) in [5.41, 5.74) is -3.07. The molecular weight excluding hydrogens is 236 g/mol.